The lowest BCUT2D eigenvalue weighted by atomic mass is 10.2. The molecule has 1 aliphatic rings. The molecule has 1 aliphatic heterocycles. The van der Waals surface area contributed by atoms with Crippen LogP contribution in [0, 0.1) is 6.92 Å². The van der Waals surface area contributed by atoms with Crippen LogP contribution in [-0.2, 0) is 6.54 Å². The summed E-state index contributed by atoms with van der Waals surface area (Å²) in [7, 11) is 0. The molecular weight excluding hydrogens is 342 g/mol. The molecule has 1 aromatic carbocycles. The Kier molecular flexibility index (Phi) is 5.13. The Hall–Kier alpha value is -2.77. The summed E-state index contributed by atoms with van der Waals surface area (Å²) < 4.78 is 5.18. The van der Waals surface area contributed by atoms with Gasteiger partial charge < -0.3 is 14.5 Å². The molecule has 0 saturated carbocycles. The number of rotatable bonds is 4. The van der Waals surface area contributed by atoms with Crippen LogP contribution in [-0.4, -0.2) is 57.4 Å². The standard InChI is InChI=1S/C20H23N5O2/c1-15-22-20(27-23-15)17-7-8-19(21-11-17)25-10-9-24(13-18(26)14-25)12-16-5-3-2-4-6-16/h2-8,11,18,26H,9-10,12-14H2,1H3. The Morgan fingerprint density at radius 3 is 2.67 bits per heavy atom. The first kappa shape index (κ1) is 17.6. The fourth-order valence-corrected chi connectivity index (χ4v) is 3.36. The third kappa shape index (κ3) is 4.32. The fourth-order valence-electron chi connectivity index (χ4n) is 3.36. The number of hydrogen-bond donors (Lipinski definition) is 1. The van der Waals surface area contributed by atoms with Crippen molar-refractivity contribution >= 4 is 5.82 Å². The van der Waals surface area contributed by atoms with Gasteiger partial charge in [0.05, 0.1) is 11.7 Å². The number of hydrogen-bond acceptors (Lipinski definition) is 7. The monoisotopic (exact) mass is 365 g/mol. The topological polar surface area (TPSA) is 78.5 Å². The molecule has 0 radical (unpaired) electrons. The third-order valence-corrected chi connectivity index (χ3v) is 4.68. The summed E-state index contributed by atoms with van der Waals surface area (Å²) in [6.45, 7) is 5.54. The van der Waals surface area contributed by atoms with Crippen molar-refractivity contribution in [2.75, 3.05) is 31.1 Å². The second-order valence-electron chi connectivity index (χ2n) is 6.87. The Bertz CT molecular complexity index is 866. The molecular formula is C20H23N5O2. The maximum absolute atomic E-state index is 10.5. The van der Waals surface area contributed by atoms with Crippen molar-refractivity contribution in [1.82, 2.24) is 20.0 Å². The summed E-state index contributed by atoms with van der Waals surface area (Å²) in [5, 5.41) is 14.3. The molecule has 140 valence electrons. The number of aliphatic hydroxyl groups excluding tert-OH is 1. The zero-order valence-corrected chi connectivity index (χ0v) is 15.3. The van der Waals surface area contributed by atoms with Gasteiger partial charge >= 0.3 is 0 Å². The van der Waals surface area contributed by atoms with Gasteiger partial charge in [-0.15, -0.1) is 0 Å². The number of aliphatic hydroxyl groups is 1. The van der Waals surface area contributed by atoms with Gasteiger partial charge in [-0.25, -0.2) is 4.98 Å². The van der Waals surface area contributed by atoms with Crippen LogP contribution in [0.2, 0.25) is 0 Å². The lowest BCUT2D eigenvalue weighted by molar-refractivity contribution is 0.129. The van der Waals surface area contributed by atoms with Gasteiger partial charge in [-0.2, -0.15) is 4.98 Å². The predicted molar refractivity (Wildman–Crippen MR) is 102 cm³/mol. The quantitative estimate of drug-likeness (QED) is 0.759. The molecule has 1 unspecified atom stereocenters. The number of nitrogens with zero attached hydrogens (tertiary/aromatic N) is 5. The van der Waals surface area contributed by atoms with Crippen molar-refractivity contribution in [3.05, 3.63) is 60.0 Å². The molecule has 1 N–H and O–H groups in total. The second-order valence-corrected chi connectivity index (χ2v) is 6.87. The summed E-state index contributed by atoms with van der Waals surface area (Å²) in [4.78, 5) is 13.2. The lowest BCUT2D eigenvalue weighted by Gasteiger charge is -2.22. The van der Waals surface area contributed by atoms with Crippen LogP contribution in [0.1, 0.15) is 11.4 Å². The van der Waals surface area contributed by atoms with Gasteiger partial charge in [0, 0.05) is 38.9 Å². The Balaban J connectivity index is 1.43. The number of anilines is 1. The van der Waals surface area contributed by atoms with E-state index in [2.05, 4.69) is 37.1 Å². The van der Waals surface area contributed by atoms with Crippen molar-refractivity contribution in [1.29, 1.82) is 0 Å². The van der Waals surface area contributed by atoms with E-state index in [-0.39, 0.29) is 0 Å². The Labute approximate surface area is 158 Å². The summed E-state index contributed by atoms with van der Waals surface area (Å²) in [6, 6.07) is 14.2. The van der Waals surface area contributed by atoms with E-state index in [0.717, 1.165) is 31.0 Å². The smallest absolute Gasteiger partial charge is 0.259 e. The Morgan fingerprint density at radius 1 is 1.11 bits per heavy atom. The van der Waals surface area contributed by atoms with Gasteiger partial charge in [-0.3, -0.25) is 4.90 Å². The zero-order valence-electron chi connectivity index (χ0n) is 15.3. The minimum Gasteiger partial charge on any atom is -0.390 e. The minimum absolute atomic E-state index is 0.420. The van der Waals surface area contributed by atoms with Crippen LogP contribution in [0.4, 0.5) is 5.82 Å². The van der Waals surface area contributed by atoms with E-state index >= 15 is 0 Å². The minimum atomic E-state index is -0.420. The van der Waals surface area contributed by atoms with Crippen molar-refractivity contribution in [2.24, 2.45) is 0 Å². The fraction of sp³-hybridized carbons (Fsp3) is 0.350. The highest BCUT2D eigenvalue weighted by Gasteiger charge is 2.22. The summed E-state index contributed by atoms with van der Waals surface area (Å²) in [5.41, 5.74) is 2.05. The number of β-amino-alcohol motifs (C(OH)–C–C–N with tert-alkyl or cyclic N) is 1. The molecule has 0 amide bonds. The summed E-state index contributed by atoms with van der Waals surface area (Å²) >= 11 is 0. The van der Waals surface area contributed by atoms with Gasteiger partial charge in [-0.05, 0) is 24.6 Å². The number of aryl methyl sites for hydroxylation is 1. The molecule has 0 spiro atoms. The van der Waals surface area contributed by atoms with Crippen molar-refractivity contribution in [3.8, 4) is 11.5 Å². The molecule has 3 heterocycles. The molecule has 7 nitrogen and oxygen atoms in total. The van der Waals surface area contributed by atoms with Crippen LogP contribution < -0.4 is 4.90 Å². The average Bonchev–Trinajstić information content (AvgIpc) is 3.03. The van der Waals surface area contributed by atoms with Gasteiger partial charge in [0.2, 0.25) is 0 Å². The van der Waals surface area contributed by atoms with E-state index in [4.69, 9.17) is 4.52 Å². The van der Waals surface area contributed by atoms with E-state index in [9.17, 15) is 5.11 Å². The summed E-state index contributed by atoms with van der Waals surface area (Å²) in [5.74, 6) is 1.91. The molecule has 0 aliphatic carbocycles. The van der Waals surface area contributed by atoms with E-state index in [1.807, 2.05) is 30.3 Å². The average molecular weight is 365 g/mol. The molecule has 2 aromatic heterocycles. The number of pyridine rings is 1. The van der Waals surface area contributed by atoms with Crippen LogP contribution in [0.25, 0.3) is 11.5 Å². The first-order chi connectivity index (χ1) is 13.2. The highest BCUT2D eigenvalue weighted by molar-refractivity contribution is 5.54. The van der Waals surface area contributed by atoms with E-state index < -0.39 is 6.10 Å². The summed E-state index contributed by atoms with van der Waals surface area (Å²) in [6.07, 6.45) is 1.32. The molecule has 4 rings (SSSR count). The molecule has 1 fully saturated rings. The van der Waals surface area contributed by atoms with Gasteiger partial charge in [0.25, 0.3) is 5.89 Å². The predicted octanol–water partition coefficient (Wildman–Crippen LogP) is 2.12. The van der Waals surface area contributed by atoms with Crippen molar-refractivity contribution < 1.29 is 9.63 Å². The third-order valence-electron chi connectivity index (χ3n) is 4.68. The van der Waals surface area contributed by atoms with Gasteiger partial charge in [0.15, 0.2) is 5.82 Å². The number of benzene rings is 1. The molecule has 7 heteroatoms. The van der Waals surface area contributed by atoms with Crippen LogP contribution in [0.15, 0.2) is 53.2 Å². The molecule has 27 heavy (non-hydrogen) atoms. The largest absolute Gasteiger partial charge is 0.390 e. The van der Waals surface area contributed by atoms with Gasteiger partial charge in [0.1, 0.15) is 5.82 Å². The highest BCUT2D eigenvalue weighted by atomic mass is 16.5. The maximum Gasteiger partial charge on any atom is 0.259 e. The molecule has 1 saturated heterocycles. The van der Waals surface area contributed by atoms with Crippen molar-refractivity contribution in [3.63, 3.8) is 0 Å². The Morgan fingerprint density at radius 2 is 1.96 bits per heavy atom. The van der Waals surface area contributed by atoms with E-state index in [0.29, 0.717) is 24.8 Å². The molecule has 1 atom stereocenters. The molecule has 0 bridgehead atoms. The highest BCUT2D eigenvalue weighted by Crippen LogP contribution is 2.20. The van der Waals surface area contributed by atoms with Gasteiger partial charge in [-0.1, -0.05) is 35.5 Å². The van der Waals surface area contributed by atoms with E-state index in [1.54, 1.807) is 13.1 Å². The van der Waals surface area contributed by atoms with Crippen LogP contribution in [0.5, 0.6) is 0 Å². The van der Waals surface area contributed by atoms with Crippen molar-refractivity contribution in [2.45, 2.75) is 19.6 Å². The SMILES string of the molecule is Cc1noc(-c2ccc(N3CCN(Cc4ccccc4)CC(O)C3)nc2)n1. The first-order valence-electron chi connectivity index (χ1n) is 9.13. The lowest BCUT2D eigenvalue weighted by Crippen LogP contribution is -2.33. The normalized spacial score (nSPS) is 18.4. The maximum atomic E-state index is 10.5. The molecule has 3 aromatic rings. The zero-order chi connectivity index (χ0) is 18.6. The number of aromatic nitrogens is 3. The first-order valence-corrected chi connectivity index (χ1v) is 9.13. The second kappa shape index (κ2) is 7.85. The van der Waals surface area contributed by atoms with Crippen LogP contribution >= 0.6 is 0 Å². The van der Waals surface area contributed by atoms with Crippen LogP contribution in [0.3, 0.4) is 0 Å². The van der Waals surface area contributed by atoms with E-state index in [1.165, 1.54) is 5.56 Å².